The Kier molecular flexibility index (Phi) is 2.91. The molecular weight excluding hydrogens is 252 g/mol. The predicted molar refractivity (Wildman–Crippen MR) is 66.5 cm³/mol. The van der Waals surface area contributed by atoms with E-state index in [0.29, 0.717) is 13.1 Å². The van der Waals surface area contributed by atoms with Gasteiger partial charge in [0.05, 0.1) is 0 Å². The van der Waals surface area contributed by atoms with Gasteiger partial charge in [0.15, 0.2) is 5.03 Å². The smallest absolute Gasteiger partial charge is 0.262 e. The van der Waals surface area contributed by atoms with Crippen LogP contribution in [0.1, 0.15) is 25.1 Å². The van der Waals surface area contributed by atoms with Crippen LogP contribution in [-0.2, 0) is 23.0 Å². The van der Waals surface area contributed by atoms with Gasteiger partial charge < -0.3 is 10.3 Å². The molecule has 1 aromatic heterocycles. The van der Waals surface area contributed by atoms with Crippen molar-refractivity contribution in [2.24, 2.45) is 5.73 Å². The molecule has 1 saturated heterocycles. The van der Waals surface area contributed by atoms with E-state index in [1.807, 2.05) is 4.57 Å². The lowest BCUT2D eigenvalue weighted by Crippen LogP contribution is -2.32. The summed E-state index contributed by atoms with van der Waals surface area (Å²) in [7, 11) is -3.44. The Bertz CT molecular complexity index is 528. The van der Waals surface area contributed by atoms with Crippen molar-refractivity contribution < 1.29 is 8.42 Å². The van der Waals surface area contributed by atoms with Crippen molar-refractivity contribution in [1.82, 2.24) is 13.9 Å². The van der Waals surface area contributed by atoms with Crippen molar-refractivity contribution >= 4 is 10.0 Å². The molecule has 0 unspecified atom stereocenters. The zero-order valence-electron chi connectivity index (χ0n) is 10.2. The fourth-order valence-corrected chi connectivity index (χ4v) is 4.09. The first-order valence-electron chi connectivity index (χ1n) is 6.39. The zero-order chi connectivity index (χ0) is 12.8. The summed E-state index contributed by atoms with van der Waals surface area (Å²) in [4.78, 5) is 4.28. The highest BCUT2D eigenvalue weighted by Gasteiger charge is 2.33. The maximum absolute atomic E-state index is 12.4. The second kappa shape index (κ2) is 4.32. The summed E-state index contributed by atoms with van der Waals surface area (Å²) < 4.78 is 28.2. The van der Waals surface area contributed by atoms with Crippen LogP contribution in [0.3, 0.4) is 0 Å². The van der Waals surface area contributed by atoms with Gasteiger partial charge in [0, 0.05) is 38.3 Å². The van der Waals surface area contributed by atoms with Crippen molar-refractivity contribution in [3.8, 4) is 0 Å². The van der Waals surface area contributed by atoms with Gasteiger partial charge in [-0.25, -0.2) is 13.4 Å². The van der Waals surface area contributed by atoms with E-state index < -0.39 is 10.0 Å². The normalized spacial score (nSPS) is 25.3. The van der Waals surface area contributed by atoms with Crippen LogP contribution >= 0.6 is 0 Å². The molecule has 0 aliphatic carbocycles. The summed E-state index contributed by atoms with van der Waals surface area (Å²) in [6.07, 6.45) is 5.46. The number of fused-ring (bicyclic) bond motifs is 1. The Morgan fingerprint density at radius 3 is 2.83 bits per heavy atom. The van der Waals surface area contributed by atoms with Crippen molar-refractivity contribution in [2.75, 3.05) is 13.1 Å². The molecule has 0 aromatic carbocycles. The predicted octanol–water partition coefficient (Wildman–Crippen LogP) is -0.0589. The highest BCUT2D eigenvalue weighted by atomic mass is 32.2. The van der Waals surface area contributed by atoms with Gasteiger partial charge in [-0.1, -0.05) is 0 Å². The number of hydrogen-bond donors (Lipinski definition) is 1. The maximum atomic E-state index is 12.4. The summed E-state index contributed by atoms with van der Waals surface area (Å²) in [5.41, 5.74) is 5.77. The Morgan fingerprint density at radius 2 is 2.17 bits per heavy atom. The summed E-state index contributed by atoms with van der Waals surface area (Å²) in [6, 6.07) is -0.0444. The minimum absolute atomic E-state index is 0.0444. The third kappa shape index (κ3) is 1.96. The Morgan fingerprint density at radius 1 is 1.33 bits per heavy atom. The second-order valence-electron chi connectivity index (χ2n) is 5.06. The molecule has 7 heteroatoms. The van der Waals surface area contributed by atoms with Gasteiger partial charge >= 0.3 is 0 Å². The van der Waals surface area contributed by atoms with E-state index >= 15 is 0 Å². The largest absolute Gasteiger partial charge is 0.333 e. The third-order valence-electron chi connectivity index (χ3n) is 3.68. The summed E-state index contributed by atoms with van der Waals surface area (Å²) >= 11 is 0. The number of imidazole rings is 1. The molecule has 0 saturated carbocycles. The topological polar surface area (TPSA) is 81.2 Å². The number of sulfonamides is 1. The molecule has 100 valence electrons. The van der Waals surface area contributed by atoms with Crippen LogP contribution in [0.15, 0.2) is 11.2 Å². The highest BCUT2D eigenvalue weighted by molar-refractivity contribution is 7.89. The van der Waals surface area contributed by atoms with Crippen LogP contribution in [0, 0.1) is 0 Å². The van der Waals surface area contributed by atoms with Gasteiger partial charge in [0.25, 0.3) is 10.0 Å². The van der Waals surface area contributed by atoms with Crippen molar-refractivity contribution in [3.63, 3.8) is 0 Å². The fourth-order valence-electron chi connectivity index (χ4n) is 2.62. The average Bonchev–Trinajstić information content (AvgIpc) is 2.94. The molecule has 1 atom stereocenters. The van der Waals surface area contributed by atoms with Crippen LogP contribution in [0.4, 0.5) is 0 Å². The molecule has 6 nitrogen and oxygen atoms in total. The minimum Gasteiger partial charge on any atom is -0.333 e. The number of aryl methyl sites for hydroxylation is 2. The molecule has 2 aliphatic rings. The summed E-state index contributed by atoms with van der Waals surface area (Å²) in [6.45, 7) is 1.79. The number of hydrogen-bond acceptors (Lipinski definition) is 4. The van der Waals surface area contributed by atoms with Gasteiger partial charge in [-0.15, -0.1) is 0 Å². The molecular formula is C11H18N4O2S. The van der Waals surface area contributed by atoms with E-state index in [-0.39, 0.29) is 11.1 Å². The third-order valence-corrected chi connectivity index (χ3v) is 5.41. The average molecular weight is 270 g/mol. The molecule has 18 heavy (non-hydrogen) atoms. The van der Waals surface area contributed by atoms with Gasteiger partial charge in [0.2, 0.25) is 0 Å². The van der Waals surface area contributed by atoms with Crippen LogP contribution in [0.25, 0.3) is 0 Å². The van der Waals surface area contributed by atoms with Gasteiger partial charge in [0.1, 0.15) is 5.82 Å². The fraction of sp³-hybridized carbons (Fsp3) is 0.727. The standard InChI is InChI=1S/C11H18N4O2S/c12-9-4-6-15(7-9)18(16,17)11-8-14-5-2-1-3-10(14)13-11/h8-9H,1-7,12H2/t9-/m0/s1. The van der Waals surface area contributed by atoms with E-state index in [9.17, 15) is 8.42 Å². The monoisotopic (exact) mass is 270 g/mol. The van der Waals surface area contributed by atoms with Gasteiger partial charge in [-0.3, -0.25) is 0 Å². The Hall–Kier alpha value is -0.920. The van der Waals surface area contributed by atoms with E-state index in [1.54, 1.807) is 6.20 Å². The molecule has 1 aromatic rings. The van der Waals surface area contributed by atoms with E-state index in [4.69, 9.17) is 5.73 Å². The molecule has 0 bridgehead atoms. The van der Waals surface area contributed by atoms with E-state index in [0.717, 1.165) is 38.1 Å². The summed E-state index contributed by atoms with van der Waals surface area (Å²) in [5, 5.41) is 0.188. The first kappa shape index (κ1) is 12.1. The molecule has 2 N–H and O–H groups in total. The summed E-state index contributed by atoms with van der Waals surface area (Å²) in [5.74, 6) is 0.892. The van der Waals surface area contributed by atoms with Crippen molar-refractivity contribution in [3.05, 3.63) is 12.0 Å². The molecule has 1 fully saturated rings. The van der Waals surface area contributed by atoms with Crippen LogP contribution < -0.4 is 5.73 Å². The Labute approximate surface area is 107 Å². The lowest BCUT2D eigenvalue weighted by molar-refractivity contribution is 0.469. The number of rotatable bonds is 2. The van der Waals surface area contributed by atoms with Crippen molar-refractivity contribution in [1.29, 1.82) is 0 Å². The maximum Gasteiger partial charge on any atom is 0.262 e. The number of nitrogens with zero attached hydrogens (tertiary/aromatic N) is 3. The number of nitrogens with two attached hydrogens (primary N) is 1. The van der Waals surface area contributed by atoms with E-state index in [2.05, 4.69) is 4.98 Å². The molecule has 3 rings (SSSR count). The zero-order valence-corrected chi connectivity index (χ0v) is 11.1. The molecule has 0 amide bonds. The molecule has 0 spiro atoms. The van der Waals surface area contributed by atoms with Crippen LogP contribution in [-0.4, -0.2) is 41.4 Å². The van der Waals surface area contributed by atoms with Gasteiger partial charge in [-0.05, 0) is 19.3 Å². The highest BCUT2D eigenvalue weighted by Crippen LogP contribution is 2.22. The van der Waals surface area contributed by atoms with E-state index in [1.165, 1.54) is 4.31 Å². The quantitative estimate of drug-likeness (QED) is 0.816. The minimum atomic E-state index is -3.44. The lowest BCUT2D eigenvalue weighted by Gasteiger charge is -2.13. The molecule has 3 heterocycles. The first-order chi connectivity index (χ1) is 8.57. The van der Waals surface area contributed by atoms with Crippen LogP contribution in [0.2, 0.25) is 0 Å². The number of aromatic nitrogens is 2. The lowest BCUT2D eigenvalue weighted by atomic mass is 10.2. The Balaban J connectivity index is 1.91. The van der Waals surface area contributed by atoms with Crippen molar-refractivity contribution in [2.45, 2.75) is 43.3 Å². The van der Waals surface area contributed by atoms with Crippen LogP contribution in [0.5, 0.6) is 0 Å². The first-order valence-corrected chi connectivity index (χ1v) is 7.83. The molecule has 0 radical (unpaired) electrons. The SMILES string of the molecule is N[C@H]1CCN(S(=O)(=O)c2cn3c(n2)CCCC3)C1. The van der Waals surface area contributed by atoms with Gasteiger partial charge in [-0.2, -0.15) is 4.31 Å². The second-order valence-corrected chi connectivity index (χ2v) is 6.94. The molecule has 2 aliphatic heterocycles.